The van der Waals surface area contributed by atoms with Gasteiger partial charge in [0.25, 0.3) is 0 Å². The van der Waals surface area contributed by atoms with E-state index in [4.69, 9.17) is 4.74 Å². The third-order valence-corrected chi connectivity index (χ3v) is 9.31. The number of nitrogens with one attached hydrogen (secondary N) is 5. The number of alkyl carbamates (subject to hydrolysis) is 1. The van der Waals surface area contributed by atoms with Crippen molar-refractivity contribution < 1.29 is 42.2 Å². The van der Waals surface area contributed by atoms with Gasteiger partial charge in [0, 0.05) is 18.7 Å². The second-order valence-corrected chi connectivity index (χ2v) is 18.9. The van der Waals surface area contributed by atoms with E-state index in [1.165, 1.54) is 0 Å². The minimum absolute atomic E-state index is 0.00433. The highest BCUT2D eigenvalue weighted by molar-refractivity contribution is 7.90. The Morgan fingerprint density at radius 3 is 1.69 bits per heavy atom. The van der Waals surface area contributed by atoms with E-state index >= 15 is 0 Å². The molecule has 0 fully saturated rings. The maximum absolute atomic E-state index is 13.8. The topological polar surface area (TPSA) is 209 Å². The van der Waals surface area contributed by atoms with Crippen LogP contribution >= 0.6 is 0 Å². The van der Waals surface area contributed by atoms with Crippen LogP contribution in [0, 0.1) is 23.7 Å². The molecule has 1 aromatic carbocycles. The average Bonchev–Trinajstić information content (AvgIpc) is 3.02. The summed E-state index contributed by atoms with van der Waals surface area (Å²) in [6, 6.07) is 5.35. The molecule has 0 radical (unpaired) electrons. The lowest BCUT2D eigenvalue weighted by atomic mass is 9.91. The molecule has 308 valence electrons. The van der Waals surface area contributed by atoms with Crippen LogP contribution in [0.4, 0.5) is 4.79 Å². The normalized spacial score (nSPS) is 15.4. The summed E-state index contributed by atoms with van der Waals surface area (Å²) < 4.78 is 29.6. The van der Waals surface area contributed by atoms with Crippen molar-refractivity contribution in [2.24, 2.45) is 23.7 Å². The third-order valence-electron chi connectivity index (χ3n) is 8.33. The zero-order valence-corrected chi connectivity index (χ0v) is 35.0. The van der Waals surface area contributed by atoms with E-state index < -0.39 is 81.2 Å². The van der Waals surface area contributed by atoms with Crippen molar-refractivity contribution in [1.82, 2.24) is 26.6 Å². The number of benzene rings is 1. The van der Waals surface area contributed by atoms with Crippen LogP contribution < -0.4 is 26.6 Å². The van der Waals surface area contributed by atoms with E-state index in [9.17, 15) is 37.5 Å². The van der Waals surface area contributed by atoms with Crippen LogP contribution in [0.3, 0.4) is 0 Å². The zero-order chi connectivity index (χ0) is 41.4. The molecular weight excluding hydrogens is 715 g/mol. The van der Waals surface area contributed by atoms with E-state index in [-0.39, 0.29) is 42.9 Å². The molecule has 6 N–H and O–H groups in total. The van der Waals surface area contributed by atoms with Gasteiger partial charge in [-0.15, -0.1) is 0 Å². The first-order chi connectivity index (χ1) is 24.9. The first kappa shape index (κ1) is 48.3. The molecule has 0 aliphatic heterocycles. The van der Waals surface area contributed by atoms with Gasteiger partial charge in [-0.2, -0.15) is 0 Å². The molecule has 15 heteroatoms. The van der Waals surface area contributed by atoms with Gasteiger partial charge in [0.1, 0.15) is 33.6 Å². The number of ether oxygens (including phenoxy) is 1. The Kier molecular flexibility index (Phi) is 20.2. The van der Waals surface area contributed by atoms with Gasteiger partial charge in [0.2, 0.25) is 23.6 Å². The number of hydrogen-bond acceptors (Lipinski definition) is 9. The highest BCUT2D eigenvalue weighted by atomic mass is 32.2. The number of aliphatic hydroxyl groups excluding tert-OH is 1. The molecule has 1 rings (SSSR count). The summed E-state index contributed by atoms with van der Waals surface area (Å²) in [6.07, 6.45) is -0.395. The Bertz CT molecular complexity index is 1460. The molecule has 54 heavy (non-hydrogen) atoms. The van der Waals surface area contributed by atoms with E-state index in [2.05, 4.69) is 26.6 Å². The molecule has 0 aliphatic rings. The SMILES string of the molecule is CC(C)C[C@H](NC(=O)OC(C)(C)C)C(=O)NC(CCS(C)(=O)=O)C(=O)N[C@@H](CC(C)C)[C@@H](O)C[C@@H](C)C(=O)N[C@@H](CC(C)C)C(=O)NCc1ccccc1. The van der Waals surface area contributed by atoms with Crippen molar-refractivity contribution >= 4 is 39.6 Å². The van der Waals surface area contributed by atoms with Gasteiger partial charge in [-0.25, -0.2) is 13.2 Å². The first-order valence-corrected chi connectivity index (χ1v) is 21.0. The van der Waals surface area contributed by atoms with Gasteiger partial charge in [-0.05, 0) is 76.2 Å². The number of amides is 5. The summed E-state index contributed by atoms with van der Waals surface area (Å²) in [5.41, 5.74) is 0.0965. The molecule has 0 heterocycles. The fourth-order valence-corrected chi connectivity index (χ4v) is 6.35. The van der Waals surface area contributed by atoms with Crippen molar-refractivity contribution in [2.45, 2.75) is 144 Å². The lowest BCUT2D eigenvalue weighted by Gasteiger charge is -2.30. The van der Waals surface area contributed by atoms with Crippen LogP contribution in [0.2, 0.25) is 0 Å². The van der Waals surface area contributed by atoms with Gasteiger partial charge in [0.05, 0.1) is 17.9 Å². The van der Waals surface area contributed by atoms with Gasteiger partial charge in [-0.1, -0.05) is 78.8 Å². The van der Waals surface area contributed by atoms with Crippen molar-refractivity contribution in [1.29, 1.82) is 0 Å². The fraction of sp³-hybridized carbons (Fsp3) is 0.718. The second-order valence-electron chi connectivity index (χ2n) is 16.7. The number of carbonyl (C=O) groups excluding carboxylic acids is 5. The quantitative estimate of drug-likeness (QED) is 0.101. The molecule has 1 unspecified atom stereocenters. The Labute approximate surface area is 323 Å². The summed E-state index contributed by atoms with van der Waals surface area (Å²) >= 11 is 0. The number of hydrogen-bond donors (Lipinski definition) is 6. The van der Waals surface area contributed by atoms with Crippen LogP contribution in [0.15, 0.2) is 30.3 Å². The molecular formula is C39H67N5O9S. The van der Waals surface area contributed by atoms with Crippen molar-refractivity contribution in [2.75, 3.05) is 12.0 Å². The summed E-state index contributed by atoms with van der Waals surface area (Å²) in [5, 5.41) is 25.1. The van der Waals surface area contributed by atoms with Gasteiger partial charge >= 0.3 is 6.09 Å². The maximum Gasteiger partial charge on any atom is 0.408 e. The van der Waals surface area contributed by atoms with E-state index in [0.29, 0.717) is 19.4 Å². The minimum Gasteiger partial charge on any atom is -0.444 e. The molecule has 0 saturated carbocycles. The Hall–Kier alpha value is -3.72. The third kappa shape index (κ3) is 20.7. The number of rotatable bonds is 22. The van der Waals surface area contributed by atoms with E-state index in [0.717, 1.165) is 11.8 Å². The predicted octanol–water partition coefficient (Wildman–Crippen LogP) is 3.61. The van der Waals surface area contributed by atoms with Crippen LogP contribution in [-0.4, -0.2) is 91.1 Å². The Morgan fingerprint density at radius 1 is 0.685 bits per heavy atom. The summed E-state index contributed by atoms with van der Waals surface area (Å²) in [4.78, 5) is 66.4. The van der Waals surface area contributed by atoms with Crippen molar-refractivity contribution in [3.63, 3.8) is 0 Å². The highest BCUT2D eigenvalue weighted by Crippen LogP contribution is 2.18. The van der Waals surface area contributed by atoms with Gasteiger partial charge < -0.3 is 36.4 Å². The van der Waals surface area contributed by atoms with Crippen molar-refractivity contribution in [3.05, 3.63) is 35.9 Å². The molecule has 6 atom stereocenters. The van der Waals surface area contributed by atoms with E-state index in [1.54, 1.807) is 27.7 Å². The predicted molar refractivity (Wildman–Crippen MR) is 210 cm³/mol. The molecule has 0 bridgehead atoms. The molecule has 1 aromatic rings. The van der Waals surface area contributed by atoms with Crippen molar-refractivity contribution in [3.8, 4) is 0 Å². The Balaban J connectivity index is 3.15. The molecule has 0 aromatic heterocycles. The largest absolute Gasteiger partial charge is 0.444 e. The smallest absolute Gasteiger partial charge is 0.408 e. The molecule has 14 nitrogen and oxygen atoms in total. The Morgan fingerprint density at radius 2 is 1.19 bits per heavy atom. The monoisotopic (exact) mass is 781 g/mol. The van der Waals surface area contributed by atoms with Gasteiger partial charge in [0.15, 0.2) is 0 Å². The van der Waals surface area contributed by atoms with E-state index in [1.807, 2.05) is 71.9 Å². The lowest BCUT2D eigenvalue weighted by Crippen LogP contribution is -2.57. The van der Waals surface area contributed by atoms with Crippen LogP contribution in [-0.2, 0) is 40.3 Å². The zero-order valence-electron chi connectivity index (χ0n) is 34.2. The summed E-state index contributed by atoms with van der Waals surface area (Å²) in [5.74, 6) is -3.27. The van der Waals surface area contributed by atoms with Crippen LogP contribution in [0.25, 0.3) is 0 Å². The second kappa shape index (κ2) is 22.6. The number of sulfone groups is 1. The summed E-state index contributed by atoms with van der Waals surface area (Å²) in [6.45, 7) is 18.4. The van der Waals surface area contributed by atoms with Gasteiger partial charge in [-0.3, -0.25) is 19.2 Å². The maximum atomic E-state index is 13.8. The molecule has 5 amide bonds. The standard InChI is InChI=1S/C39H67N5O9S/c1-24(2)19-30(33(45)22-27(7)34(46)43-31(20-25(3)4)35(47)40-23-28-15-13-12-14-16-28)42-36(48)29(17-18-54(11,51)52)41-37(49)32(21-26(5)6)44-38(50)53-39(8,9)10/h12-16,24-27,29-33,45H,17-23H2,1-11H3,(H,40,47)(H,41,49)(H,42,48)(H,43,46)(H,44,50)/t27-,29?,30+,31+,32+,33+/m1/s1. The highest BCUT2D eigenvalue weighted by Gasteiger charge is 2.33. The molecule has 0 saturated heterocycles. The minimum atomic E-state index is -3.54. The number of aliphatic hydroxyl groups is 1. The van der Waals surface area contributed by atoms with Crippen LogP contribution in [0.1, 0.15) is 107 Å². The average molecular weight is 782 g/mol. The summed E-state index contributed by atoms with van der Waals surface area (Å²) in [7, 11) is -3.54. The lowest BCUT2D eigenvalue weighted by molar-refractivity contribution is -0.132. The molecule has 0 spiro atoms. The molecule has 0 aliphatic carbocycles. The van der Waals surface area contributed by atoms with Crippen LogP contribution in [0.5, 0.6) is 0 Å². The number of carbonyl (C=O) groups is 5. The fourth-order valence-electron chi connectivity index (χ4n) is 5.69. The first-order valence-electron chi connectivity index (χ1n) is 18.9.